The highest BCUT2D eigenvalue weighted by Crippen LogP contribution is 2.40. The summed E-state index contributed by atoms with van der Waals surface area (Å²) in [6.45, 7) is 0. The molecular weight excluding hydrogens is 326 g/mol. The molecule has 0 bridgehead atoms. The van der Waals surface area contributed by atoms with Crippen LogP contribution in [0.2, 0.25) is 5.15 Å². The lowest BCUT2D eigenvalue weighted by atomic mass is 9.99. The van der Waals surface area contributed by atoms with Gasteiger partial charge in [0.25, 0.3) is 0 Å². The van der Waals surface area contributed by atoms with Gasteiger partial charge in [-0.1, -0.05) is 11.6 Å². The van der Waals surface area contributed by atoms with Crippen molar-refractivity contribution < 1.29 is 27.1 Å². The smallest absolute Gasteiger partial charge is 0.417 e. The molecule has 1 aromatic heterocycles. The Morgan fingerprint density at radius 3 is 2.55 bits per heavy atom. The number of benzene rings is 1. The predicted octanol–water partition coefficient (Wildman–Crippen LogP) is 4.35. The first kappa shape index (κ1) is 16.2. The Hall–Kier alpha value is -2.15. The fraction of sp³-hybridized carbons (Fsp3) is 0.143. The van der Waals surface area contributed by atoms with Crippen LogP contribution in [0.5, 0.6) is 0 Å². The van der Waals surface area contributed by atoms with E-state index in [2.05, 4.69) is 9.72 Å². The van der Waals surface area contributed by atoms with Gasteiger partial charge in [0.2, 0.25) is 0 Å². The van der Waals surface area contributed by atoms with Crippen molar-refractivity contribution >= 4 is 17.6 Å². The van der Waals surface area contributed by atoms with Gasteiger partial charge < -0.3 is 4.74 Å². The number of rotatable bonds is 2. The van der Waals surface area contributed by atoms with Crippen LogP contribution in [0.15, 0.2) is 30.5 Å². The fourth-order valence-electron chi connectivity index (χ4n) is 1.92. The summed E-state index contributed by atoms with van der Waals surface area (Å²) < 4.78 is 57.3. The van der Waals surface area contributed by atoms with Crippen molar-refractivity contribution in [2.45, 2.75) is 6.18 Å². The SMILES string of the molecule is COC(=O)c1cc(F)cc(-c2c(C(F)(F)F)ccnc2Cl)c1. The molecule has 0 saturated carbocycles. The molecule has 8 heteroatoms. The van der Waals surface area contributed by atoms with Crippen LogP contribution in [0.3, 0.4) is 0 Å². The Bertz CT molecular complexity index is 731. The Morgan fingerprint density at radius 2 is 1.95 bits per heavy atom. The molecule has 1 aromatic carbocycles. The summed E-state index contributed by atoms with van der Waals surface area (Å²) >= 11 is 5.74. The Morgan fingerprint density at radius 1 is 1.27 bits per heavy atom. The first-order valence-corrected chi connectivity index (χ1v) is 6.23. The number of alkyl halides is 3. The van der Waals surface area contributed by atoms with Gasteiger partial charge in [-0.3, -0.25) is 0 Å². The maximum atomic E-state index is 13.6. The van der Waals surface area contributed by atoms with E-state index in [0.29, 0.717) is 0 Å². The molecule has 0 aliphatic rings. The Balaban J connectivity index is 2.72. The third-order valence-corrected chi connectivity index (χ3v) is 3.10. The molecule has 22 heavy (non-hydrogen) atoms. The Kier molecular flexibility index (Phi) is 4.37. The number of methoxy groups -OCH3 is 1. The number of carbonyl (C=O) groups excluding carboxylic acids is 1. The fourth-order valence-corrected chi connectivity index (χ4v) is 2.18. The molecule has 0 unspecified atom stereocenters. The van der Waals surface area contributed by atoms with E-state index in [9.17, 15) is 22.4 Å². The van der Waals surface area contributed by atoms with Gasteiger partial charge in [-0.05, 0) is 29.8 Å². The summed E-state index contributed by atoms with van der Waals surface area (Å²) in [5, 5.41) is -0.448. The highest BCUT2D eigenvalue weighted by Gasteiger charge is 2.35. The summed E-state index contributed by atoms with van der Waals surface area (Å²) in [7, 11) is 1.07. The van der Waals surface area contributed by atoms with Crippen LogP contribution in [-0.2, 0) is 10.9 Å². The molecule has 116 valence electrons. The molecule has 0 N–H and O–H groups in total. The molecule has 0 aliphatic carbocycles. The van der Waals surface area contributed by atoms with Crippen LogP contribution in [-0.4, -0.2) is 18.1 Å². The normalized spacial score (nSPS) is 11.4. The number of aromatic nitrogens is 1. The van der Waals surface area contributed by atoms with E-state index in [4.69, 9.17) is 11.6 Å². The van der Waals surface area contributed by atoms with Gasteiger partial charge in [0.15, 0.2) is 0 Å². The van der Waals surface area contributed by atoms with Crippen LogP contribution in [0.1, 0.15) is 15.9 Å². The number of esters is 1. The Labute approximate surface area is 127 Å². The van der Waals surface area contributed by atoms with Crippen LogP contribution < -0.4 is 0 Å². The third kappa shape index (κ3) is 3.19. The highest BCUT2D eigenvalue weighted by molar-refractivity contribution is 6.32. The molecule has 1 heterocycles. The molecule has 0 spiro atoms. The van der Waals surface area contributed by atoms with E-state index >= 15 is 0 Å². The molecule has 0 atom stereocenters. The number of pyridine rings is 1. The van der Waals surface area contributed by atoms with Crippen LogP contribution in [0, 0.1) is 5.82 Å². The van der Waals surface area contributed by atoms with Crippen molar-refractivity contribution in [1.82, 2.24) is 4.98 Å². The minimum atomic E-state index is -4.71. The van der Waals surface area contributed by atoms with E-state index in [1.54, 1.807) is 0 Å². The average Bonchev–Trinajstić information content (AvgIpc) is 2.44. The number of nitrogens with zero attached hydrogens (tertiary/aromatic N) is 1. The molecular formula is C14H8ClF4NO2. The zero-order valence-corrected chi connectivity index (χ0v) is 11.8. The highest BCUT2D eigenvalue weighted by atomic mass is 35.5. The zero-order chi connectivity index (χ0) is 16.5. The van der Waals surface area contributed by atoms with E-state index in [1.807, 2.05) is 0 Å². The number of carbonyl (C=O) groups is 1. The van der Waals surface area contributed by atoms with Gasteiger partial charge in [0, 0.05) is 11.8 Å². The van der Waals surface area contributed by atoms with E-state index < -0.39 is 34.2 Å². The lowest BCUT2D eigenvalue weighted by molar-refractivity contribution is -0.137. The van der Waals surface area contributed by atoms with Crippen LogP contribution >= 0.6 is 11.6 Å². The molecule has 0 fully saturated rings. The van der Waals surface area contributed by atoms with E-state index in [0.717, 1.165) is 37.6 Å². The largest absolute Gasteiger partial charge is 0.465 e. The quantitative estimate of drug-likeness (QED) is 0.466. The second kappa shape index (κ2) is 5.92. The van der Waals surface area contributed by atoms with Crippen molar-refractivity contribution in [2.75, 3.05) is 7.11 Å². The van der Waals surface area contributed by atoms with Gasteiger partial charge >= 0.3 is 12.1 Å². The van der Waals surface area contributed by atoms with Crippen LogP contribution in [0.25, 0.3) is 11.1 Å². The summed E-state index contributed by atoms with van der Waals surface area (Å²) in [4.78, 5) is 15.0. The maximum Gasteiger partial charge on any atom is 0.417 e. The van der Waals surface area contributed by atoms with Gasteiger partial charge in [0.1, 0.15) is 11.0 Å². The van der Waals surface area contributed by atoms with Crippen molar-refractivity contribution in [3.63, 3.8) is 0 Å². The van der Waals surface area contributed by atoms with Gasteiger partial charge in [-0.15, -0.1) is 0 Å². The first-order chi connectivity index (χ1) is 10.2. The third-order valence-electron chi connectivity index (χ3n) is 2.82. The van der Waals surface area contributed by atoms with Gasteiger partial charge in [-0.25, -0.2) is 14.2 Å². The van der Waals surface area contributed by atoms with Gasteiger partial charge in [0.05, 0.1) is 18.2 Å². The molecule has 2 rings (SSSR count). The first-order valence-electron chi connectivity index (χ1n) is 5.85. The van der Waals surface area contributed by atoms with Crippen molar-refractivity contribution in [2.24, 2.45) is 0 Å². The molecule has 0 saturated heterocycles. The minimum absolute atomic E-state index is 0.217. The summed E-state index contributed by atoms with van der Waals surface area (Å²) in [6, 6.07) is 3.48. The average molecular weight is 334 g/mol. The predicted molar refractivity (Wildman–Crippen MR) is 71.0 cm³/mol. The lowest BCUT2D eigenvalue weighted by Crippen LogP contribution is -2.09. The van der Waals surface area contributed by atoms with Crippen molar-refractivity contribution in [1.29, 1.82) is 0 Å². The zero-order valence-electron chi connectivity index (χ0n) is 11.0. The summed E-state index contributed by atoms with van der Waals surface area (Å²) in [5.74, 6) is -1.78. The van der Waals surface area contributed by atoms with Crippen molar-refractivity contribution in [3.8, 4) is 11.1 Å². The second-order valence-corrected chi connectivity index (χ2v) is 4.60. The topological polar surface area (TPSA) is 39.2 Å². The van der Waals surface area contributed by atoms with E-state index in [-0.39, 0.29) is 11.1 Å². The number of ether oxygens (including phenoxy) is 1. The number of hydrogen-bond donors (Lipinski definition) is 0. The number of hydrogen-bond acceptors (Lipinski definition) is 3. The molecule has 0 amide bonds. The van der Waals surface area contributed by atoms with Crippen molar-refractivity contribution in [3.05, 3.63) is 52.6 Å². The summed E-state index contributed by atoms with van der Waals surface area (Å²) in [5.41, 5.74) is -2.02. The molecule has 0 aliphatic heterocycles. The monoisotopic (exact) mass is 333 g/mol. The lowest BCUT2D eigenvalue weighted by Gasteiger charge is -2.14. The maximum absolute atomic E-state index is 13.6. The minimum Gasteiger partial charge on any atom is -0.465 e. The second-order valence-electron chi connectivity index (χ2n) is 4.24. The molecule has 3 nitrogen and oxygen atoms in total. The molecule has 0 radical (unpaired) electrons. The van der Waals surface area contributed by atoms with Gasteiger partial charge in [-0.2, -0.15) is 13.2 Å². The van der Waals surface area contributed by atoms with E-state index in [1.165, 1.54) is 0 Å². The number of halogens is 5. The molecule has 2 aromatic rings. The van der Waals surface area contributed by atoms with Crippen LogP contribution in [0.4, 0.5) is 17.6 Å². The standard InChI is InChI=1S/C14H8ClF4NO2/c1-22-13(21)8-4-7(5-9(16)6-8)11-10(14(17,18)19)2-3-20-12(11)15/h2-6H,1H3. The summed E-state index contributed by atoms with van der Waals surface area (Å²) in [6.07, 6.45) is -3.81.